The predicted octanol–water partition coefficient (Wildman–Crippen LogP) is 3.12. The number of halogens is 4. The smallest absolute Gasteiger partial charge is 0.255 e. The van der Waals surface area contributed by atoms with E-state index in [0.29, 0.717) is 9.78 Å². The lowest BCUT2D eigenvalue weighted by Crippen LogP contribution is -2.05. The maximum atomic E-state index is 13.2. The van der Waals surface area contributed by atoms with Crippen molar-refractivity contribution in [2.45, 2.75) is 0 Å². The molecule has 1 atom stereocenters. The van der Waals surface area contributed by atoms with Gasteiger partial charge in [-0.25, -0.2) is 4.39 Å². The van der Waals surface area contributed by atoms with Gasteiger partial charge in [-0.15, -0.1) is 9.24 Å². The van der Waals surface area contributed by atoms with Crippen LogP contribution in [-0.4, -0.2) is 5.24 Å². The lowest BCUT2D eigenvalue weighted by atomic mass is 10.2. The Morgan fingerprint density at radius 3 is 2.62 bits per heavy atom. The maximum absolute atomic E-state index is 13.2. The first-order chi connectivity index (χ1) is 5.95. The molecule has 0 aliphatic heterocycles. The third kappa shape index (κ3) is 2.21. The minimum Gasteiger partial charge on any atom is -0.275 e. The molecule has 0 N–H and O–H groups in total. The van der Waals surface area contributed by atoms with E-state index in [2.05, 4.69) is 25.2 Å². The van der Waals surface area contributed by atoms with Crippen LogP contribution in [0.5, 0.6) is 0 Å². The van der Waals surface area contributed by atoms with Gasteiger partial charge in [0.25, 0.3) is 5.24 Å². The van der Waals surface area contributed by atoms with Crippen LogP contribution in [0, 0.1) is 5.82 Å². The minimum atomic E-state index is -0.870. The summed E-state index contributed by atoms with van der Waals surface area (Å²) in [5.74, 6) is -0.796. The Labute approximate surface area is 94.9 Å². The standard InChI is InChI=1S/C7H3BrCl2FOP/c8-3-1-2(7(10)12)5(11)4(9)6(3)13/h1H,13H2. The highest BCUT2D eigenvalue weighted by Gasteiger charge is 2.16. The summed E-state index contributed by atoms with van der Waals surface area (Å²) >= 11 is 13.9. The van der Waals surface area contributed by atoms with Crippen LogP contribution in [0.1, 0.15) is 10.4 Å². The summed E-state index contributed by atoms with van der Waals surface area (Å²) < 4.78 is 13.7. The van der Waals surface area contributed by atoms with Crippen molar-refractivity contribution in [3.63, 3.8) is 0 Å². The fraction of sp³-hybridized carbons (Fsp3) is 0. The molecule has 0 aliphatic carbocycles. The second-order valence-electron chi connectivity index (χ2n) is 2.22. The van der Waals surface area contributed by atoms with Crippen LogP contribution < -0.4 is 5.30 Å². The van der Waals surface area contributed by atoms with Gasteiger partial charge >= 0.3 is 0 Å². The second-order valence-corrected chi connectivity index (χ2v) is 4.37. The Kier molecular flexibility index (Phi) is 3.70. The van der Waals surface area contributed by atoms with E-state index in [1.165, 1.54) is 6.07 Å². The van der Waals surface area contributed by atoms with Crippen molar-refractivity contribution < 1.29 is 9.18 Å². The van der Waals surface area contributed by atoms with Crippen molar-refractivity contribution in [3.8, 4) is 0 Å². The average Bonchev–Trinajstić information content (AvgIpc) is 2.07. The zero-order valence-corrected chi connectivity index (χ0v) is 10.3. The molecule has 1 rings (SSSR count). The van der Waals surface area contributed by atoms with Crippen molar-refractivity contribution >= 4 is 58.9 Å². The summed E-state index contributed by atoms with van der Waals surface area (Å²) in [7, 11) is 2.26. The molecule has 6 heteroatoms. The van der Waals surface area contributed by atoms with Crippen LogP contribution in [0.25, 0.3) is 0 Å². The Hall–Kier alpha value is 0.310. The Morgan fingerprint density at radius 2 is 2.15 bits per heavy atom. The van der Waals surface area contributed by atoms with Crippen molar-refractivity contribution in [3.05, 3.63) is 26.9 Å². The number of hydrogen-bond donors (Lipinski definition) is 0. The molecule has 0 amide bonds. The van der Waals surface area contributed by atoms with Gasteiger partial charge in [-0.05, 0) is 17.7 Å². The quantitative estimate of drug-likeness (QED) is 0.442. The zero-order valence-electron chi connectivity index (χ0n) is 6.07. The van der Waals surface area contributed by atoms with Gasteiger partial charge in [0.15, 0.2) is 5.82 Å². The summed E-state index contributed by atoms with van der Waals surface area (Å²) in [6.07, 6.45) is 0. The lowest BCUT2D eigenvalue weighted by molar-refractivity contribution is 0.107. The first kappa shape index (κ1) is 11.4. The third-order valence-electron chi connectivity index (χ3n) is 1.41. The molecule has 0 spiro atoms. The molecule has 0 saturated carbocycles. The fourth-order valence-electron chi connectivity index (χ4n) is 0.752. The zero-order chi connectivity index (χ0) is 10.2. The summed E-state index contributed by atoms with van der Waals surface area (Å²) in [5.41, 5.74) is -0.232. The van der Waals surface area contributed by atoms with Gasteiger partial charge in [-0.3, -0.25) is 4.79 Å². The third-order valence-corrected chi connectivity index (χ3v) is 3.84. The van der Waals surface area contributed by atoms with E-state index >= 15 is 0 Å². The molecule has 1 aromatic rings. The van der Waals surface area contributed by atoms with Crippen LogP contribution in [0.4, 0.5) is 4.39 Å². The Bertz CT molecular complexity index is 383. The number of carbonyl (C=O) groups is 1. The highest BCUT2D eigenvalue weighted by molar-refractivity contribution is 9.10. The highest BCUT2D eigenvalue weighted by Crippen LogP contribution is 2.25. The SMILES string of the molecule is O=C(Cl)c1cc(Br)c(P)c(Cl)c1F. The van der Waals surface area contributed by atoms with Crippen LogP contribution in [0.15, 0.2) is 10.5 Å². The maximum Gasteiger partial charge on any atom is 0.255 e. The molecule has 13 heavy (non-hydrogen) atoms. The molecular weight excluding hydrogens is 301 g/mol. The molecule has 0 fully saturated rings. The molecule has 0 aliphatic rings. The highest BCUT2D eigenvalue weighted by atomic mass is 79.9. The summed E-state index contributed by atoms with van der Waals surface area (Å²) in [6, 6.07) is 1.29. The topological polar surface area (TPSA) is 17.1 Å². The van der Waals surface area contributed by atoms with Crippen molar-refractivity contribution in [2.75, 3.05) is 0 Å². The molecule has 70 valence electrons. The molecular formula is C7H3BrCl2FOP. The van der Waals surface area contributed by atoms with Gasteiger partial charge in [-0.2, -0.15) is 0 Å². The number of benzene rings is 1. The lowest BCUT2D eigenvalue weighted by Gasteiger charge is -2.05. The molecule has 0 heterocycles. The summed E-state index contributed by atoms with van der Waals surface area (Å²) in [5, 5.41) is -0.533. The van der Waals surface area contributed by atoms with Crippen LogP contribution in [0.3, 0.4) is 0 Å². The van der Waals surface area contributed by atoms with E-state index in [9.17, 15) is 9.18 Å². The van der Waals surface area contributed by atoms with E-state index in [0.717, 1.165) is 0 Å². The molecule has 0 saturated heterocycles. The summed E-state index contributed by atoms with van der Waals surface area (Å²) in [4.78, 5) is 10.7. The van der Waals surface area contributed by atoms with Crippen LogP contribution >= 0.6 is 48.4 Å². The molecule has 1 nitrogen and oxygen atoms in total. The fourth-order valence-corrected chi connectivity index (χ4v) is 1.84. The molecule has 0 radical (unpaired) electrons. The Balaban J connectivity index is 3.50. The molecule has 0 bridgehead atoms. The molecule has 0 aromatic heterocycles. The van der Waals surface area contributed by atoms with E-state index in [1.807, 2.05) is 0 Å². The van der Waals surface area contributed by atoms with Crippen LogP contribution in [-0.2, 0) is 0 Å². The van der Waals surface area contributed by atoms with Gasteiger partial charge in [0.05, 0.1) is 10.6 Å². The van der Waals surface area contributed by atoms with E-state index < -0.39 is 11.1 Å². The van der Waals surface area contributed by atoms with Gasteiger partial charge in [-0.1, -0.05) is 27.5 Å². The largest absolute Gasteiger partial charge is 0.275 e. The van der Waals surface area contributed by atoms with E-state index in [-0.39, 0.29) is 10.6 Å². The summed E-state index contributed by atoms with van der Waals surface area (Å²) in [6.45, 7) is 0. The van der Waals surface area contributed by atoms with Crippen LogP contribution in [0.2, 0.25) is 5.02 Å². The van der Waals surface area contributed by atoms with Crippen molar-refractivity contribution in [1.29, 1.82) is 0 Å². The van der Waals surface area contributed by atoms with Gasteiger partial charge in [0.2, 0.25) is 0 Å². The normalized spacial score (nSPS) is 10.2. The number of rotatable bonds is 1. The van der Waals surface area contributed by atoms with Gasteiger partial charge in [0, 0.05) is 9.78 Å². The van der Waals surface area contributed by atoms with E-state index in [4.69, 9.17) is 23.2 Å². The Morgan fingerprint density at radius 1 is 1.62 bits per heavy atom. The average molecular weight is 304 g/mol. The first-order valence-corrected chi connectivity index (χ1v) is 5.20. The van der Waals surface area contributed by atoms with E-state index in [1.54, 1.807) is 0 Å². The molecule has 1 aromatic carbocycles. The number of carbonyl (C=O) groups excluding carboxylic acids is 1. The predicted molar refractivity (Wildman–Crippen MR) is 58.6 cm³/mol. The van der Waals surface area contributed by atoms with Gasteiger partial charge in [0.1, 0.15) is 0 Å². The second kappa shape index (κ2) is 4.22. The first-order valence-electron chi connectivity index (χ1n) is 3.08. The molecule has 1 unspecified atom stereocenters. The van der Waals surface area contributed by atoms with Gasteiger partial charge < -0.3 is 0 Å². The monoisotopic (exact) mass is 302 g/mol. The number of hydrogen-bond acceptors (Lipinski definition) is 1. The van der Waals surface area contributed by atoms with Crippen molar-refractivity contribution in [2.24, 2.45) is 0 Å². The minimum absolute atomic E-state index is 0.122. The van der Waals surface area contributed by atoms with Crippen molar-refractivity contribution in [1.82, 2.24) is 0 Å².